The van der Waals surface area contributed by atoms with Crippen molar-refractivity contribution in [2.75, 3.05) is 81.9 Å². The summed E-state index contributed by atoms with van der Waals surface area (Å²) in [6.07, 6.45) is 9.62. The molecule has 2 bridgehead atoms. The number of rotatable bonds is 12. The number of pyridine rings is 1. The lowest BCUT2D eigenvalue weighted by Gasteiger charge is -2.57. The standard InChI is InChI=1S/C56H64F3N11O5/c1-3-38-41(57)8-4-33-22-37(71)24-39(46(33)38)48-47(58)49-40(25-60-48)50(69-26-34-5-6-35(27-69)61-34)64-52(63-49)75-32-55(12-13-55)30-66-16-14-54(15-17-66)28-56(59,29-54)31-67-18-20-68(21-19-67)36-7-9-42-44(23-36)65(2)53(74)70(42)43-10-11-45(72)62-51(43)73/h4,7-9,22-25,34-35,43,61,71H,3,5-6,10-21,26-32H2,1-2H3,(H,62,72,73). The zero-order chi connectivity index (χ0) is 51.5. The molecule has 2 aliphatic carbocycles. The number of ether oxygens (including phenoxy) is 1. The smallest absolute Gasteiger partial charge is 0.329 e. The number of piperazine rings is 2. The van der Waals surface area contributed by atoms with E-state index in [1.807, 2.05) is 25.1 Å². The van der Waals surface area contributed by atoms with E-state index in [0.29, 0.717) is 96.2 Å². The predicted molar refractivity (Wildman–Crippen MR) is 279 cm³/mol. The molecule has 75 heavy (non-hydrogen) atoms. The van der Waals surface area contributed by atoms with Crippen LogP contribution in [0.25, 0.3) is 44.0 Å². The van der Waals surface area contributed by atoms with E-state index in [9.17, 15) is 19.5 Å². The van der Waals surface area contributed by atoms with E-state index < -0.39 is 29.3 Å². The van der Waals surface area contributed by atoms with E-state index in [4.69, 9.17) is 14.7 Å². The number of nitrogens with one attached hydrogen (secondary N) is 2. The Kier molecular flexibility index (Phi) is 11.7. The number of carbonyl (C=O) groups excluding carboxylic acids is 2. The highest BCUT2D eigenvalue weighted by Gasteiger charge is 2.57. The third-order valence-corrected chi connectivity index (χ3v) is 18.1. The largest absolute Gasteiger partial charge is 0.508 e. The number of amides is 2. The fourth-order valence-corrected chi connectivity index (χ4v) is 14.0. The van der Waals surface area contributed by atoms with Crippen LogP contribution in [0.4, 0.5) is 24.7 Å². The maximum Gasteiger partial charge on any atom is 0.329 e. The van der Waals surface area contributed by atoms with Crippen LogP contribution in [0, 0.1) is 22.5 Å². The Bertz CT molecular complexity index is 3340. The van der Waals surface area contributed by atoms with Crippen LogP contribution in [0.3, 0.4) is 0 Å². The molecule has 2 amide bonds. The van der Waals surface area contributed by atoms with Crippen LogP contribution in [-0.4, -0.2) is 141 Å². The summed E-state index contributed by atoms with van der Waals surface area (Å²) in [7, 11) is 1.70. The number of halogens is 3. The van der Waals surface area contributed by atoms with Gasteiger partial charge in [-0.15, -0.1) is 0 Å². The average Bonchev–Trinajstić information content (AvgIpc) is 4.01. The van der Waals surface area contributed by atoms with Gasteiger partial charge in [0.2, 0.25) is 11.8 Å². The van der Waals surface area contributed by atoms with Crippen LogP contribution in [-0.2, 0) is 23.1 Å². The number of likely N-dealkylation sites (tertiary alicyclic amines) is 1. The molecule has 8 heterocycles. The summed E-state index contributed by atoms with van der Waals surface area (Å²) in [5.41, 5.74) is 1.54. The Morgan fingerprint density at radius 1 is 0.840 bits per heavy atom. The number of nitrogens with zero attached hydrogens (tertiary/aromatic N) is 9. The van der Waals surface area contributed by atoms with Gasteiger partial charge in [0.25, 0.3) is 0 Å². The summed E-state index contributed by atoms with van der Waals surface area (Å²) < 4.78 is 58.6. The van der Waals surface area contributed by atoms with Crippen molar-refractivity contribution in [1.82, 2.24) is 44.5 Å². The van der Waals surface area contributed by atoms with Gasteiger partial charge in [-0.2, -0.15) is 9.97 Å². The first-order chi connectivity index (χ1) is 36.2. The Morgan fingerprint density at radius 2 is 1.59 bits per heavy atom. The lowest BCUT2D eigenvalue weighted by molar-refractivity contribution is -0.135. The Balaban J connectivity index is 0.643. The molecule has 2 saturated carbocycles. The molecule has 6 aromatic rings. The predicted octanol–water partition coefficient (Wildman–Crippen LogP) is 6.53. The van der Waals surface area contributed by atoms with Crippen LogP contribution >= 0.6 is 0 Å². The quantitative estimate of drug-likeness (QED) is 0.114. The van der Waals surface area contributed by atoms with Crippen LogP contribution < -0.4 is 30.9 Å². The van der Waals surface area contributed by atoms with Crippen molar-refractivity contribution < 1.29 is 32.6 Å². The third kappa shape index (κ3) is 8.66. The molecule has 13 rings (SSSR count). The molecule has 16 nitrogen and oxygen atoms in total. The SMILES string of the molecule is CCc1c(F)ccc2cc(O)cc(-c3ncc4c(N5CC6CCC(C5)N6)nc(OCC5(CN6CCC7(CC6)CC(F)(CN6CCN(c8ccc9c(c8)n(C)c(=O)n9C8CCC(=O)NC8=O)CC6)C7)CC5)nc4c3F)c12. The highest BCUT2D eigenvalue weighted by atomic mass is 19.1. The van der Waals surface area contributed by atoms with Gasteiger partial charge in [-0.3, -0.25) is 33.9 Å². The van der Waals surface area contributed by atoms with Gasteiger partial charge in [-0.25, -0.2) is 18.0 Å². The van der Waals surface area contributed by atoms with Crippen molar-refractivity contribution in [3.05, 3.63) is 76.3 Å². The zero-order valence-electron chi connectivity index (χ0n) is 42.6. The fraction of sp³-hybridized carbons (Fsp3) is 0.536. The monoisotopic (exact) mass is 1030 g/mol. The van der Waals surface area contributed by atoms with Crippen molar-refractivity contribution in [1.29, 1.82) is 0 Å². The number of aryl methyl sites for hydroxylation is 2. The van der Waals surface area contributed by atoms with E-state index in [2.05, 4.69) is 35.2 Å². The first kappa shape index (κ1) is 48.3. The average molecular weight is 1030 g/mol. The van der Waals surface area contributed by atoms with E-state index >= 15 is 13.2 Å². The van der Waals surface area contributed by atoms with Crippen LogP contribution in [0.2, 0.25) is 0 Å². The highest BCUT2D eigenvalue weighted by Crippen LogP contribution is 2.58. The summed E-state index contributed by atoms with van der Waals surface area (Å²) >= 11 is 0. The second-order valence-corrected chi connectivity index (χ2v) is 23.2. The number of fused-ring (bicyclic) bond motifs is 5. The van der Waals surface area contributed by atoms with Crippen molar-refractivity contribution in [3.8, 4) is 23.0 Å². The molecule has 3 N–H and O–H groups in total. The maximum atomic E-state index is 17.2. The second-order valence-electron chi connectivity index (χ2n) is 23.2. The fourth-order valence-electron chi connectivity index (χ4n) is 14.0. The highest BCUT2D eigenvalue weighted by molar-refractivity contribution is 6.02. The Labute approximate surface area is 432 Å². The summed E-state index contributed by atoms with van der Waals surface area (Å²) in [5, 5.41) is 18.4. The number of phenols is 1. The summed E-state index contributed by atoms with van der Waals surface area (Å²) in [6, 6.07) is 11.8. The van der Waals surface area contributed by atoms with E-state index in [1.54, 1.807) is 29.9 Å². The van der Waals surface area contributed by atoms with E-state index in [0.717, 1.165) is 95.5 Å². The number of carbonyl (C=O) groups is 2. The minimum Gasteiger partial charge on any atom is -0.508 e. The first-order valence-electron chi connectivity index (χ1n) is 27.0. The van der Waals surface area contributed by atoms with Gasteiger partial charge < -0.3 is 29.9 Å². The maximum absolute atomic E-state index is 17.2. The van der Waals surface area contributed by atoms with Crippen LogP contribution in [0.15, 0.2) is 53.5 Å². The molecule has 5 saturated heterocycles. The van der Waals surface area contributed by atoms with Gasteiger partial charge in [0, 0.05) is 101 Å². The number of aromatic nitrogens is 5. The van der Waals surface area contributed by atoms with E-state index in [1.165, 1.54) is 16.7 Å². The number of benzene rings is 3. The molecule has 7 fully saturated rings. The number of anilines is 2. The number of piperidine rings is 2. The third-order valence-electron chi connectivity index (χ3n) is 18.1. The summed E-state index contributed by atoms with van der Waals surface area (Å²) in [4.78, 5) is 61.4. The lowest BCUT2D eigenvalue weighted by atomic mass is 9.55. The summed E-state index contributed by atoms with van der Waals surface area (Å²) in [6.45, 7) is 9.67. The van der Waals surface area contributed by atoms with Gasteiger partial charge in [-0.1, -0.05) is 13.0 Å². The molecule has 19 heteroatoms. The molecule has 7 aliphatic rings. The number of alkyl halides is 1. The topological polar surface area (TPSA) is 166 Å². The molecule has 3 aromatic carbocycles. The molecule has 3 unspecified atom stereocenters. The Hall–Kier alpha value is -6.31. The van der Waals surface area contributed by atoms with Crippen molar-refractivity contribution >= 4 is 56.0 Å². The number of imide groups is 1. The minimum atomic E-state index is -1.21. The normalized spacial score (nSPS) is 24.4. The van der Waals surface area contributed by atoms with Crippen LogP contribution in [0.5, 0.6) is 11.8 Å². The molecular weight excluding hydrogens is 964 g/mol. The minimum absolute atomic E-state index is 0.0174. The zero-order valence-corrected chi connectivity index (χ0v) is 42.6. The molecular formula is C56H64F3N11O5. The van der Waals surface area contributed by atoms with Gasteiger partial charge in [0.1, 0.15) is 40.3 Å². The Morgan fingerprint density at radius 3 is 2.31 bits per heavy atom. The van der Waals surface area contributed by atoms with Crippen molar-refractivity contribution in [3.63, 3.8) is 0 Å². The lowest BCUT2D eigenvalue weighted by Crippen LogP contribution is -2.60. The van der Waals surface area contributed by atoms with Crippen LogP contribution in [0.1, 0.15) is 82.7 Å². The second kappa shape index (κ2) is 18.2. The number of hydrogen-bond acceptors (Lipinski definition) is 13. The molecule has 3 aromatic heterocycles. The molecule has 3 atom stereocenters. The van der Waals surface area contributed by atoms with E-state index in [-0.39, 0.29) is 58.2 Å². The molecule has 5 aliphatic heterocycles. The first-order valence-corrected chi connectivity index (χ1v) is 27.0. The molecule has 0 radical (unpaired) electrons. The van der Waals surface area contributed by atoms with Gasteiger partial charge in [-0.05, 0) is 135 Å². The number of hydrogen-bond donors (Lipinski definition) is 3. The van der Waals surface area contributed by atoms with Crippen molar-refractivity contribution in [2.45, 2.75) is 101 Å². The number of phenolic OH excluding ortho intramolecular Hbond substituents is 1. The van der Waals surface area contributed by atoms with Gasteiger partial charge >= 0.3 is 11.7 Å². The number of imidazole rings is 1. The number of aromatic hydroxyl groups is 1. The molecule has 394 valence electrons. The van der Waals surface area contributed by atoms with Crippen molar-refractivity contribution in [2.24, 2.45) is 17.9 Å². The summed E-state index contributed by atoms with van der Waals surface area (Å²) in [5.74, 6) is -1.35. The van der Waals surface area contributed by atoms with Gasteiger partial charge in [0.15, 0.2) is 5.82 Å². The van der Waals surface area contributed by atoms with Gasteiger partial charge in [0.05, 0.1) is 23.0 Å². The molecule has 1 spiro atoms.